The number of hydrogen-bond acceptors (Lipinski definition) is 5. The second-order valence-corrected chi connectivity index (χ2v) is 5.43. The van der Waals surface area contributed by atoms with Crippen molar-refractivity contribution < 1.29 is 19.4 Å². The molecule has 0 saturated heterocycles. The molecule has 10 nitrogen and oxygen atoms in total. The van der Waals surface area contributed by atoms with E-state index in [1.165, 1.54) is 14.0 Å². The zero-order valence-corrected chi connectivity index (χ0v) is 12.4. The number of ether oxygens (including phenoxy) is 1. The number of hydrogen-bond donors (Lipinski definition) is 1. The Hall–Kier alpha value is -2.44. The molecule has 2 unspecified atom stereocenters. The number of methoxy groups -OCH3 is 1. The van der Waals surface area contributed by atoms with E-state index in [4.69, 9.17) is 16.2 Å². The predicted octanol–water partition coefficient (Wildman–Crippen LogP) is 2.80. The summed E-state index contributed by atoms with van der Waals surface area (Å²) >= 11 is 0. The number of carbonyl (C=O) groups excluding carboxylic acids is 1. The first-order valence-corrected chi connectivity index (χ1v) is 6.82. The molecule has 2 atom stereocenters. The molecular formula is C12H18N6O4. The third-order valence-corrected chi connectivity index (χ3v) is 3.74. The van der Waals surface area contributed by atoms with Gasteiger partial charge in [-0.2, -0.15) is 0 Å². The average molecular weight is 310 g/mol. The van der Waals surface area contributed by atoms with Gasteiger partial charge in [0.1, 0.15) is 11.6 Å². The summed E-state index contributed by atoms with van der Waals surface area (Å²) in [4.78, 5) is 26.6. The van der Waals surface area contributed by atoms with Crippen molar-refractivity contribution in [2.24, 2.45) is 22.1 Å². The fourth-order valence-corrected chi connectivity index (χ4v) is 1.96. The summed E-state index contributed by atoms with van der Waals surface area (Å²) in [6, 6.07) is -0.593. The van der Waals surface area contributed by atoms with Gasteiger partial charge in [0.2, 0.25) is 0 Å². The summed E-state index contributed by atoms with van der Waals surface area (Å²) in [5.74, 6) is -1.20. The Kier molecular flexibility index (Phi) is 6.03. The zero-order valence-electron chi connectivity index (χ0n) is 12.4. The van der Waals surface area contributed by atoms with Gasteiger partial charge in [-0.3, -0.25) is 9.59 Å². The van der Waals surface area contributed by atoms with Crippen molar-refractivity contribution >= 4 is 11.9 Å². The van der Waals surface area contributed by atoms with E-state index >= 15 is 0 Å². The lowest BCUT2D eigenvalue weighted by molar-refractivity contribution is -0.144. The van der Waals surface area contributed by atoms with E-state index in [0.29, 0.717) is 0 Å². The first kappa shape index (κ1) is 17.6. The Labute approximate surface area is 126 Å². The monoisotopic (exact) mass is 310 g/mol. The average Bonchev–Trinajstić information content (AvgIpc) is 3.36. The molecule has 0 radical (unpaired) electrons. The van der Waals surface area contributed by atoms with Crippen LogP contribution >= 0.6 is 0 Å². The van der Waals surface area contributed by atoms with Crippen molar-refractivity contribution in [3.8, 4) is 0 Å². The van der Waals surface area contributed by atoms with Gasteiger partial charge in [-0.05, 0) is 55.5 Å². The molecule has 0 amide bonds. The number of azide groups is 2. The third-order valence-electron chi connectivity index (χ3n) is 3.74. The van der Waals surface area contributed by atoms with E-state index in [2.05, 4.69) is 24.8 Å². The largest absolute Gasteiger partial charge is 0.481 e. The molecule has 22 heavy (non-hydrogen) atoms. The van der Waals surface area contributed by atoms with Crippen LogP contribution < -0.4 is 0 Å². The van der Waals surface area contributed by atoms with Gasteiger partial charge >= 0.3 is 11.9 Å². The molecule has 2 saturated carbocycles. The standard InChI is InChI=1S/2C6H9N3O2/c1-6(5(10)11,8-9-7)4-2-3-4;1-11-6(10)5(8-9-7)4-2-3-4/h4H,2-3H2,1H3,(H,10,11);4-5H,2-3H2,1H3. The number of carboxylic acid groups (broad SMARTS) is 1. The van der Waals surface area contributed by atoms with Crippen LogP contribution in [0.1, 0.15) is 32.6 Å². The Bertz CT molecular complexity index is 526. The molecule has 0 bridgehead atoms. The van der Waals surface area contributed by atoms with Crippen LogP contribution in [-0.4, -0.2) is 35.7 Å². The van der Waals surface area contributed by atoms with E-state index in [9.17, 15) is 9.59 Å². The van der Waals surface area contributed by atoms with Gasteiger partial charge < -0.3 is 9.84 Å². The first-order valence-electron chi connectivity index (χ1n) is 6.82. The Morgan fingerprint density at radius 3 is 2.18 bits per heavy atom. The minimum atomic E-state index is -1.21. The predicted molar refractivity (Wildman–Crippen MR) is 75.6 cm³/mol. The highest BCUT2D eigenvalue weighted by Gasteiger charge is 2.47. The quantitative estimate of drug-likeness (QED) is 0.345. The van der Waals surface area contributed by atoms with Crippen molar-refractivity contribution in [3.05, 3.63) is 20.9 Å². The molecule has 2 aliphatic carbocycles. The van der Waals surface area contributed by atoms with Gasteiger partial charge in [0.15, 0.2) is 0 Å². The topological polar surface area (TPSA) is 161 Å². The highest BCUT2D eigenvalue weighted by Crippen LogP contribution is 2.42. The summed E-state index contributed by atoms with van der Waals surface area (Å²) in [5.41, 5.74) is 15.0. The fourth-order valence-electron chi connectivity index (χ4n) is 1.96. The van der Waals surface area contributed by atoms with Crippen molar-refractivity contribution in [2.45, 2.75) is 44.2 Å². The second kappa shape index (κ2) is 7.53. The molecule has 0 spiro atoms. The number of carboxylic acids is 1. The number of esters is 1. The SMILES string of the molecule is CC(N=[N+]=[N-])(C(=O)O)C1CC1.COC(=O)C(N=[N+]=[N-])C1CC1. The Balaban J connectivity index is 0.000000220. The van der Waals surface area contributed by atoms with Crippen LogP contribution in [0.4, 0.5) is 0 Å². The summed E-state index contributed by atoms with van der Waals surface area (Å²) in [7, 11) is 1.30. The van der Waals surface area contributed by atoms with Crippen molar-refractivity contribution in [1.82, 2.24) is 0 Å². The maximum absolute atomic E-state index is 10.9. The summed E-state index contributed by atoms with van der Waals surface area (Å²) < 4.78 is 4.46. The maximum atomic E-state index is 10.9. The maximum Gasteiger partial charge on any atom is 0.315 e. The second-order valence-electron chi connectivity index (χ2n) is 5.43. The van der Waals surface area contributed by atoms with E-state index in [1.54, 1.807) is 0 Å². The number of nitrogens with zero attached hydrogens (tertiary/aromatic N) is 6. The summed E-state index contributed by atoms with van der Waals surface area (Å²) in [6.45, 7) is 1.46. The molecule has 0 aromatic carbocycles. The van der Waals surface area contributed by atoms with Crippen LogP contribution in [0.3, 0.4) is 0 Å². The molecule has 2 fully saturated rings. The van der Waals surface area contributed by atoms with E-state index in [-0.39, 0.29) is 11.8 Å². The molecule has 0 heterocycles. The van der Waals surface area contributed by atoms with Crippen molar-refractivity contribution in [2.75, 3.05) is 7.11 Å². The Morgan fingerprint density at radius 1 is 1.27 bits per heavy atom. The third kappa shape index (κ3) is 4.54. The lowest BCUT2D eigenvalue weighted by Gasteiger charge is -2.16. The lowest BCUT2D eigenvalue weighted by atomic mass is 9.98. The van der Waals surface area contributed by atoms with Crippen LogP contribution in [0.15, 0.2) is 10.2 Å². The van der Waals surface area contributed by atoms with Crippen LogP contribution in [0.2, 0.25) is 0 Å². The molecule has 120 valence electrons. The van der Waals surface area contributed by atoms with Crippen molar-refractivity contribution in [3.63, 3.8) is 0 Å². The van der Waals surface area contributed by atoms with Crippen LogP contribution in [-0.2, 0) is 14.3 Å². The van der Waals surface area contributed by atoms with E-state index in [0.717, 1.165) is 25.7 Å². The molecule has 0 aromatic rings. The van der Waals surface area contributed by atoms with Crippen LogP contribution in [0.5, 0.6) is 0 Å². The number of carbonyl (C=O) groups is 2. The lowest BCUT2D eigenvalue weighted by Crippen LogP contribution is -2.34. The van der Waals surface area contributed by atoms with Crippen molar-refractivity contribution in [1.29, 1.82) is 0 Å². The van der Waals surface area contributed by atoms with Crippen LogP contribution in [0.25, 0.3) is 20.9 Å². The highest BCUT2D eigenvalue weighted by molar-refractivity contribution is 5.79. The summed E-state index contributed by atoms with van der Waals surface area (Å²) in [6.07, 6.45) is 3.61. The van der Waals surface area contributed by atoms with Gasteiger partial charge in [0.25, 0.3) is 0 Å². The molecule has 1 N–H and O–H groups in total. The number of rotatable bonds is 6. The van der Waals surface area contributed by atoms with Crippen LogP contribution in [0, 0.1) is 11.8 Å². The van der Waals surface area contributed by atoms with Gasteiger partial charge in [-0.1, -0.05) is 10.2 Å². The first-order chi connectivity index (χ1) is 10.4. The highest BCUT2D eigenvalue weighted by atomic mass is 16.5. The molecular weight excluding hydrogens is 292 g/mol. The molecule has 2 rings (SSSR count). The Morgan fingerprint density at radius 2 is 1.86 bits per heavy atom. The molecule has 0 aromatic heterocycles. The summed E-state index contributed by atoms with van der Waals surface area (Å²) in [5, 5.41) is 15.4. The van der Waals surface area contributed by atoms with Gasteiger partial charge in [-0.25, -0.2) is 0 Å². The van der Waals surface area contributed by atoms with Gasteiger partial charge in [0, 0.05) is 9.82 Å². The minimum absolute atomic E-state index is 0.0379. The van der Waals surface area contributed by atoms with Gasteiger partial charge in [0.05, 0.1) is 7.11 Å². The minimum Gasteiger partial charge on any atom is -0.481 e. The van der Waals surface area contributed by atoms with E-state index < -0.39 is 23.5 Å². The zero-order chi connectivity index (χ0) is 16.8. The molecule has 2 aliphatic rings. The number of aliphatic carboxylic acids is 1. The molecule has 10 heteroatoms. The fraction of sp³-hybridized carbons (Fsp3) is 0.833. The smallest absolute Gasteiger partial charge is 0.315 e. The molecule has 0 aliphatic heterocycles. The normalized spacial score (nSPS) is 19.9. The van der Waals surface area contributed by atoms with Gasteiger partial charge in [-0.15, -0.1) is 0 Å². The van der Waals surface area contributed by atoms with E-state index in [1.807, 2.05) is 0 Å².